The topological polar surface area (TPSA) is 31.7 Å². The molecule has 1 aromatic heterocycles. The lowest BCUT2D eigenvalue weighted by Crippen LogP contribution is -2.38. The van der Waals surface area contributed by atoms with Crippen molar-refractivity contribution in [3.8, 4) is 0 Å². The van der Waals surface area contributed by atoms with Crippen LogP contribution >= 0.6 is 0 Å². The first-order valence-corrected chi connectivity index (χ1v) is 7.92. The average molecular weight is 279 g/mol. The van der Waals surface area contributed by atoms with Crippen molar-refractivity contribution in [3.63, 3.8) is 0 Å². The van der Waals surface area contributed by atoms with Gasteiger partial charge in [-0.25, -0.2) is 0 Å². The Balaban J connectivity index is 1.78. The van der Waals surface area contributed by atoms with E-state index in [4.69, 9.17) is 4.42 Å². The van der Waals surface area contributed by atoms with E-state index in [0.29, 0.717) is 0 Å². The van der Waals surface area contributed by atoms with Crippen LogP contribution in [0.2, 0.25) is 0 Å². The van der Waals surface area contributed by atoms with Crippen LogP contribution in [0.25, 0.3) is 0 Å². The minimum atomic E-state index is 0.723. The molecule has 0 amide bonds. The molecule has 0 spiro atoms. The van der Waals surface area contributed by atoms with Crippen LogP contribution in [-0.4, -0.2) is 49.1 Å². The Labute approximate surface area is 123 Å². The van der Waals surface area contributed by atoms with Gasteiger partial charge in [-0.15, -0.1) is 0 Å². The van der Waals surface area contributed by atoms with Crippen LogP contribution in [0.15, 0.2) is 16.7 Å². The van der Waals surface area contributed by atoms with Gasteiger partial charge in [0, 0.05) is 24.7 Å². The molecule has 0 saturated carbocycles. The predicted molar refractivity (Wildman–Crippen MR) is 82.7 cm³/mol. The van der Waals surface area contributed by atoms with E-state index in [1.807, 2.05) is 6.26 Å². The Kier molecular flexibility index (Phi) is 6.07. The van der Waals surface area contributed by atoms with Gasteiger partial charge in [-0.05, 0) is 45.6 Å². The number of hydrogen-bond donors (Lipinski definition) is 1. The van der Waals surface area contributed by atoms with Gasteiger partial charge in [0.2, 0.25) is 0 Å². The lowest BCUT2D eigenvalue weighted by atomic mass is 10.2. The molecule has 1 aliphatic heterocycles. The molecule has 1 N–H and O–H groups in total. The number of rotatable bonds is 8. The highest BCUT2D eigenvalue weighted by Gasteiger charge is 2.24. The fraction of sp³-hybridized carbons (Fsp3) is 0.750. The number of nitrogens with zero attached hydrogens (tertiary/aromatic N) is 2. The largest absolute Gasteiger partial charge is 0.468 e. The van der Waals surface area contributed by atoms with E-state index in [9.17, 15) is 0 Å². The predicted octanol–water partition coefficient (Wildman–Crippen LogP) is 2.31. The van der Waals surface area contributed by atoms with Gasteiger partial charge in [0.1, 0.15) is 5.76 Å². The van der Waals surface area contributed by atoms with Gasteiger partial charge in [-0.1, -0.05) is 13.8 Å². The maximum absolute atomic E-state index is 5.65. The first-order chi connectivity index (χ1) is 9.72. The lowest BCUT2D eigenvalue weighted by Gasteiger charge is -2.27. The molecule has 2 heterocycles. The van der Waals surface area contributed by atoms with E-state index in [1.54, 1.807) is 0 Å². The molecule has 0 aliphatic carbocycles. The van der Waals surface area contributed by atoms with Crippen molar-refractivity contribution in [2.45, 2.75) is 45.8 Å². The second kappa shape index (κ2) is 7.81. The molecule has 1 atom stereocenters. The number of furan rings is 1. The summed E-state index contributed by atoms with van der Waals surface area (Å²) in [5.74, 6) is 1.07. The molecule has 1 unspecified atom stereocenters. The maximum Gasteiger partial charge on any atom is 0.118 e. The van der Waals surface area contributed by atoms with Crippen LogP contribution in [0.4, 0.5) is 0 Å². The summed E-state index contributed by atoms with van der Waals surface area (Å²) in [5.41, 5.74) is 1.24. The maximum atomic E-state index is 5.65. The summed E-state index contributed by atoms with van der Waals surface area (Å²) < 4.78 is 5.65. The quantitative estimate of drug-likeness (QED) is 0.791. The summed E-state index contributed by atoms with van der Waals surface area (Å²) >= 11 is 0. The molecule has 0 aromatic carbocycles. The highest BCUT2D eigenvalue weighted by atomic mass is 16.3. The van der Waals surface area contributed by atoms with Crippen LogP contribution in [0.3, 0.4) is 0 Å². The SMILES string of the molecule is CCNCc1coc(CN(C)CC2CCCN2CC)c1. The van der Waals surface area contributed by atoms with Crippen LogP contribution in [0.1, 0.15) is 38.0 Å². The van der Waals surface area contributed by atoms with Gasteiger partial charge in [-0.3, -0.25) is 9.80 Å². The zero-order valence-electron chi connectivity index (χ0n) is 13.2. The smallest absolute Gasteiger partial charge is 0.118 e. The molecule has 4 heteroatoms. The summed E-state index contributed by atoms with van der Waals surface area (Å²) in [7, 11) is 2.19. The summed E-state index contributed by atoms with van der Waals surface area (Å²) in [5, 5.41) is 3.32. The molecular formula is C16H29N3O. The van der Waals surface area contributed by atoms with E-state index in [-0.39, 0.29) is 0 Å². The fourth-order valence-corrected chi connectivity index (χ4v) is 3.08. The minimum absolute atomic E-state index is 0.723. The third-order valence-corrected chi connectivity index (χ3v) is 4.14. The van der Waals surface area contributed by atoms with Crippen LogP contribution in [-0.2, 0) is 13.1 Å². The molecule has 1 aliphatic rings. The molecule has 1 fully saturated rings. The molecule has 1 saturated heterocycles. The van der Waals surface area contributed by atoms with E-state index in [1.165, 1.54) is 31.5 Å². The summed E-state index contributed by atoms with van der Waals surface area (Å²) in [6.07, 6.45) is 4.56. The van der Waals surface area contributed by atoms with E-state index < -0.39 is 0 Å². The molecule has 1 aromatic rings. The van der Waals surface area contributed by atoms with Crippen LogP contribution in [0.5, 0.6) is 0 Å². The van der Waals surface area contributed by atoms with E-state index in [0.717, 1.165) is 38.0 Å². The van der Waals surface area contributed by atoms with E-state index in [2.05, 4.69) is 42.1 Å². The highest BCUT2D eigenvalue weighted by Crippen LogP contribution is 2.18. The van der Waals surface area contributed by atoms with Crippen molar-refractivity contribution in [3.05, 3.63) is 23.7 Å². The first-order valence-electron chi connectivity index (χ1n) is 7.92. The molecule has 114 valence electrons. The normalized spacial score (nSPS) is 20.1. The molecule has 0 radical (unpaired) electrons. The van der Waals surface area contributed by atoms with Crippen molar-refractivity contribution < 1.29 is 4.42 Å². The number of nitrogens with one attached hydrogen (secondary N) is 1. The van der Waals surface area contributed by atoms with Crippen molar-refractivity contribution in [2.75, 3.05) is 33.2 Å². The van der Waals surface area contributed by atoms with Gasteiger partial charge in [-0.2, -0.15) is 0 Å². The third kappa shape index (κ3) is 4.33. The highest BCUT2D eigenvalue weighted by molar-refractivity contribution is 5.12. The first kappa shape index (κ1) is 15.5. The second-order valence-corrected chi connectivity index (χ2v) is 5.82. The van der Waals surface area contributed by atoms with Crippen molar-refractivity contribution in [2.24, 2.45) is 0 Å². The van der Waals surface area contributed by atoms with Crippen LogP contribution < -0.4 is 5.32 Å². The molecule has 20 heavy (non-hydrogen) atoms. The Morgan fingerprint density at radius 3 is 3.05 bits per heavy atom. The van der Waals surface area contributed by atoms with Gasteiger partial charge in [0.05, 0.1) is 12.8 Å². The van der Waals surface area contributed by atoms with Crippen molar-refractivity contribution >= 4 is 0 Å². The van der Waals surface area contributed by atoms with Crippen molar-refractivity contribution in [1.82, 2.24) is 15.1 Å². The molecule has 0 bridgehead atoms. The van der Waals surface area contributed by atoms with Crippen LogP contribution in [0, 0.1) is 0 Å². The lowest BCUT2D eigenvalue weighted by molar-refractivity contribution is 0.187. The zero-order chi connectivity index (χ0) is 14.4. The summed E-state index contributed by atoms with van der Waals surface area (Å²) in [6, 6.07) is 2.90. The number of likely N-dealkylation sites (tertiary alicyclic amines) is 1. The molecule has 4 nitrogen and oxygen atoms in total. The Bertz CT molecular complexity index is 391. The van der Waals surface area contributed by atoms with Crippen molar-refractivity contribution in [1.29, 1.82) is 0 Å². The number of likely N-dealkylation sites (N-methyl/N-ethyl adjacent to an activating group) is 2. The fourth-order valence-electron chi connectivity index (χ4n) is 3.08. The molecule has 2 rings (SSSR count). The second-order valence-electron chi connectivity index (χ2n) is 5.82. The monoisotopic (exact) mass is 279 g/mol. The standard InChI is InChI=1S/C16H29N3O/c1-4-17-10-14-9-16(20-13-14)12-18(3)11-15-7-6-8-19(15)5-2/h9,13,15,17H,4-8,10-12H2,1-3H3. The minimum Gasteiger partial charge on any atom is -0.468 e. The summed E-state index contributed by atoms with van der Waals surface area (Å²) in [4.78, 5) is 4.98. The Morgan fingerprint density at radius 1 is 1.45 bits per heavy atom. The third-order valence-electron chi connectivity index (χ3n) is 4.14. The Morgan fingerprint density at radius 2 is 2.30 bits per heavy atom. The van der Waals surface area contributed by atoms with Gasteiger partial charge in [0.25, 0.3) is 0 Å². The number of hydrogen-bond acceptors (Lipinski definition) is 4. The Hall–Kier alpha value is -0.840. The summed E-state index contributed by atoms with van der Waals surface area (Å²) in [6.45, 7) is 10.8. The van der Waals surface area contributed by atoms with Gasteiger partial charge in [0.15, 0.2) is 0 Å². The van der Waals surface area contributed by atoms with Gasteiger partial charge >= 0.3 is 0 Å². The van der Waals surface area contributed by atoms with E-state index >= 15 is 0 Å². The molecular weight excluding hydrogens is 250 g/mol. The zero-order valence-corrected chi connectivity index (χ0v) is 13.2. The average Bonchev–Trinajstić information content (AvgIpc) is 3.05. The van der Waals surface area contributed by atoms with Gasteiger partial charge < -0.3 is 9.73 Å².